The van der Waals surface area contributed by atoms with Crippen LogP contribution in [0.15, 0.2) is 140 Å². The van der Waals surface area contributed by atoms with Crippen LogP contribution in [0.2, 0.25) is 0 Å². The maximum Gasteiger partial charge on any atom is 0.0709 e. The van der Waals surface area contributed by atoms with E-state index in [0.29, 0.717) is 0 Å². The Kier molecular flexibility index (Phi) is 5.07. The molecule has 182 valence electrons. The van der Waals surface area contributed by atoms with Crippen molar-refractivity contribution in [3.05, 3.63) is 140 Å². The Hall–Kier alpha value is -4.79. The first-order valence-corrected chi connectivity index (χ1v) is 14.0. The number of thiophene rings is 1. The van der Waals surface area contributed by atoms with E-state index in [0.717, 1.165) is 11.3 Å². The van der Waals surface area contributed by atoms with Crippen molar-refractivity contribution < 1.29 is 0 Å². The first kappa shape index (κ1) is 22.2. The SMILES string of the molecule is c1ccc(-c2c3ccccc3c(-c3ccc(-c4cccc5sc6ccccc6c45)nc3)c3ccccc23)cc1. The summed E-state index contributed by atoms with van der Waals surface area (Å²) in [4.78, 5) is 5.06. The van der Waals surface area contributed by atoms with Crippen LogP contribution in [0.1, 0.15) is 0 Å². The smallest absolute Gasteiger partial charge is 0.0709 e. The summed E-state index contributed by atoms with van der Waals surface area (Å²) < 4.78 is 2.61. The number of hydrogen-bond donors (Lipinski definition) is 0. The molecule has 0 aliphatic heterocycles. The second-order valence-electron chi connectivity index (χ2n) is 9.92. The third-order valence-electron chi connectivity index (χ3n) is 7.72. The molecule has 0 amide bonds. The topological polar surface area (TPSA) is 12.9 Å². The zero-order valence-electron chi connectivity index (χ0n) is 21.1. The molecule has 0 spiro atoms. The Morgan fingerprint density at radius 3 is 1.62 bits per heavy atom. The monoisotopic (exact) mass is 513 g/mol. The van der Waals surface area contributed by atoms with Crippen molar-refractivity contribution in [2.45, 2.75) is 0 Å². The highest BCUT2D eigenvalue weighted by Crippen LogP contribution is 2.44. The van der Waals surface area contributed by atoms with E-state index in [9.17, 15) is 0 Å². The molecule has 2 heteroatoms. The van der Waals surface area contributed by atoms with Crippen molar-refractivity contribution in [3.63, 3.8) is 0 Å². The summed E-state index contributed by atoms with van der Waals surface area (Å²) in [5.74, 6) is 0. The van der Waals surface area contributed by atoms with Crippen LogP contribution < -0.4 is 0 Å². The van der Waals surface area contributed by atoms with Gasteiger partial charge >= 0.3 is 0 Å². The third kappa shape index (κ3) is 3.49. The molecule has 0 atom stereocenters. The van der Waals surface area contributed by atoms with Crippen molar-refractivity contribution >= 4 is 53.1 Å². The van der Waals surface area contributed by atoms with E-state index in [2.05, 4.69) is 140 Å². The fourth-order valence-electron chi connectivity index (χ4n) is 6.04. The number of benzene rings is 6. The zero-order chi connectivity index (χ0) is 25.8. The van der Waals surface area contributed by atoms with Crippen LogP contribution in [0.4, 0.5) is 0 Å². The van der Waals surface area contributed by atoms with Crippen molar-refractivity contribution in [2.75, 3.05) is 0 Å². The first-order chi connectivity index (χ1) is 19.4. The van der Waals surface area contributed by atoms with Gasteiger partial charge in [0.15, 0.2) is 0 Å². The molecule has 39 heavy (non-hydrogen) atoms. The molecule has 0 radical (unpaired) electrons. The van der Waals surface area contributed by atoms with Gasteiger partial charge in [-0.25, -0.2) is 0 Å². The van der Waals surface area contributed by atoms with Gasteiger partial charge in [-0.15, -0.1) is 11.3 Å². The molecule has 0 saturated carbocycles. The van der Waals surface area contributed by atoms with Gasteiger partial charge in [0.2, 0.25) is 0 Å². The Balaban J connectivity index is 1.36. The molecule has 2 aromatic heterocycles. The number of rotatable bonds is 3. The summed E-state index contributed by atoms with van der Waals surface area (Å²) in [6, 6.07) is 47.9. The van der Waals surface area contributed by atoms with Crippen LogP contribution in [-0.4, -0.2) is 4.98 Å². The van der Waals surface area contributed by atoms with Gasteiger partial charge in [0, 0.05) is 37.5 Å². The van der Waals surface area contributed by atoms with Gasteiger partial charge < -0.3 is 0 Å². The molecule has 0 aliphatic rings. The quantitative estimate of drug-likeness (QED) is 0.214. The molecule has 8 aromatic rings. The van der Waals surface area contributed by atoms with Crippen LogP contribution >= 0.6 is 11.3 Å². The molecule has 8 rings (SSSR count). The number of aromatic nitrogens is 1. The van der Waals surface area contributed by atoms with Gasteiger partial charge in [0.05, 0.1) is 5.69 Å². The summed E-state index contributed by atoms with van der Waals surface area (Å²) in [6.07, 6.45) is 2.05. The number of pyridine rings is 1. The Bertz CT molecular complexity index is 2100. The summed E-state index contributed by atoms with van der Waals surface area (Å²) in [5.41, 5.74) is 7.08. The van der Waals surface area contributed by atoms with Gasteiger partial charge in [-0.1, -0.05) is 115 Å². The lowest BCUT2D eigenvalue weighted by atomic mass is 9.86. The lowest BCUT2D eigenvalue weighted by Gasteiger charge is -2.17. The van der Waals surface area contributed by atoms with E-state index in [1.54, 1.807) is 0 Å². The van der Waals surface area contributed by atoms with Crippen molar-refractivity contribution in [1.29, 1.82) is 0 Å². The number of hydrogen-bond acceptors (Lipinski definition) is 2. The van der Waals surface area contributed by atoms with Crippen LogP contribution in [-0.2, 0) is 0 Å². The molecule has 0 bridgehead atoms. The predicted octanol–water partition coefficient (Wildman–Crippen LogP) is 10.8. The maximum atomic E-state index is 5.06. The summed E-state index contributed by atoms with van der Waals surface area (Å²) in [7, 11) is 0. The van der Waals surface area contributed by atoms with E-state index < -0.39 is 0 Å². The molecule has 1 nitrogen and oxygen atoms in total. The molecule has 0 aliphatic carbocycles. The van der Waals surface area contributed by atoms with E-state index in [1.807, 2.05) is 11.3 Å². The lowest BCUT2D eigenvalue weighted by Crippen LogP contribution is -1.92. The van der Waals surface area contributed by atoms with E-state index in [-0.39, 0.29) is 0 Å². The minimum absolute atomic E-state index is 1.00. The van der Waals surface area contributed by atoms with E-state index in [1.165, 1.54) is 64.0 Å². The van der Waals surface area contributed by atoms with Gasteiger partial charge in [-0.05, 0) is 56.4 Å². The Morgan fingerprint density at radius 1 is 0.410 bits per heavy atom. The molecule has 2 heterocycles. The van der Waals surface area contributed by atoms with Crippen LogP contribution in [0.25, 0.3) is 75.2 Å². The maximum absolute atomic E-state index is 5.06. The van der Waals surface area contributed by atoms with Gasteiger partial charge in [-0.2, -0.15) is 0 Å². The second-order valence-corrected chi connectivity index (χ2v) is 11.0. The molecule has 0 unspecified atom stereocenters. The van der Waals surface area contributed by atoms with Crippen molar-refractivity contribution in [2.24, 2.45) is 0 Å². The number of nitrogens with zero attached hydrogens (tertiary/aromatic N) is 1. The highest BCUT2D eigenvalue weighted by Gasteiger charge is 2.17. The summed E-state index contributed by atoms with van der Waals surface area (Å²) >= 11 is 1.85. The van der Waals surface area contributed by atoms with Crippen LogP contribution in [0.3, 0.4) is 0 Å². The molecule has 6 aromatic carbocycles. The van der Waals surface area contributed by atoms with Gasteiger partial charge in [0.25, 0.3) is 0 Å². The Labute approximate surface area is 230 Å². The van der Waals surface area contributed by atoms with Crippen molar-refractivity contribution in [3.8, 4) is 33.5 Å². The third-order valence-corrected chi connectivity index (χ3v) is 8.86. The minimum Gasteiger partial charge on any atom is -0.256 e. The lowest BCUT2D eigenvalue weighted by molar-refractivity contribution is 1.34. The molecule has 0 saturated heterocycles. The highest BCUT2D eigenvalue weighted by atomic mass is 32.1. The summed E-state index contributed by atoms with van der Waals surface area (Å²) in [6.45, 7) is 0. The average Bonchev–Trinajstić information content (AvgIpc) is 3.39. The summed E-state index contributed by atoms with van der Waals surface area (Å²) in [5, 5.41) is 7.60. The molecule has 0 fully saturated rings. The standard InChI is InChI=1S/C37H23NS/c1-2-11-24(12-3-1)35-26-13-4-6-15-28(26)36(29-16-7-5-14-27(29)35)25-21-22-32(38-23-25)30-18-10-20-34-37(30)31-17-8-9-19-33(31)39-34/h1-23H. The highest BCUT2D eigenvalue weighted by molar-refractivity contribution is 7.25. The largest absolute Gasteiger partial charge is 0.256 e. The average molecular weight is 514 g/mol. The first-order valence-electron chi connectivity index (χ1n) is 13.2. The van der Waals surface area contributed by atoms with Crippen LogP contribution in [0.5, 0.6) is 0 Å². The minimum atomic E-state index is 1.00. The Morgan fingerprint density at radius 2 is 0.974 bits per heavy atom. The fourth-order valence-corrected chi connectivity index (χ4v) is 7.18. The van der Waals surface area contributed by atoms with E-state index >= 15 is 0 Å². The zero-order valence-corrected chi connectivity index (χ0v) is 22.0. The second kappa shape index (κ2) is 8.90. The van der Waals surface area contributed by atoms with Gasteiger partial charge in [-0.3, -0.25) is 4.98 Å². The van der Waals surface area contributed by atoms with Crippen LogP contribution in [0, 0.1) is 0 Å². The number of fused-ring (bicyclic) bond motifs is 5. The van der Waals surface area contributed by atoms with E-state index in [4.69, 9.17) is 4.98 Å². The predicted molar refractivity (Wildman–Crippen MR) is 168 cm³/mol. The fraction of sp³-hybridized carbons (Fsp3) is 0. The normalized spacial score (nSPS) is 11.6. The molecular formula is C37H23NS. The molecular weight excluding hydrogens is 490 g/mol. The molecule has 0 N–H and O–H groups in total. The van der Waals surface area contributed by atoms with Crippen molar-refractivity contribution in [1.82, 2.24) is 4.98 Å². The van der Waals surface area contributed by atoms with Gasteiger partial charge in [0.1, 0.15) is 0 Å².